The number of aryl methyl sites for hydroxylation is 1. The molecule has 0 saturated carbocycles. The van der Waals surface area contributed by atoms with E-state index < -0.39 is 5.92 Å². The van der Waals surface area contributed by atoms with Crippen molar-refractivity contribution < 1.29 is 4.79 Å². The van der Waals surface area contributed by atoms with Gasteiger partial charge in [-0.2, -0.15) is 0 Å². The van der Waals surface area contributed by atoms with Crippen LogP contribution in [0.1, 0.15) is 42.0 Å². The SMILES string of the molecule is CC1CCc2ncnc(N3CCN(C(=O)C(CN)c4ccc(Cl)c(Cl)c4)CC3)c21.Cl.Cl. The molecule has 1 aliphatic carbocycles. The largest absolute Gasteiger partial charge is 0.353 e. The number of nitrogens with zero attached hydrogens (tertiary/aromatic N) is 4. The number of hydrogen-bond donors (Lipinski definition) is 1. The Morgan fingerprint density at radius 2 is 1.87 bits per heavy atom. The molecule has 2 aromatic rings. The Morgan fingerprint density at radius 1 is 1.16 bits per heavy atom. The standard InChI is InChI=1S/C21H25Cl2N5O.2ClH/c1-13-2-5-18-19(13)20(26-12-25-18)27-6-8-28(9-7-27)21(29)15(11-24)14-3-4-16(22)17(23)10-14;;/h3-4,10,12-13,15H,2,5-9,11,24H2,1H3;2*1H. The van der Waals surface area contributed by atoms with E-state index in [0.717, 1.165) is 37.3 Å². The Kier molecular flexibility index (Phi) is 9.22. The number of halogens is 4. The smallest absolute Gasteiger partial charge is 0.231 e. The average Bonchev–Trinajstić information content (AvgIpc) is 3.12. The van der Waals surface area contributed by atoms with E-state index in [2.05, 4.69) is 21.8 Å². The van der Waals surface area contributed by atoms with Crippen LogP contribution < -0.4 is 10.6 Å². The van der Waals surface area contributed by atoms with Gasteiger partial charge in [0.2, 0.25) is 5.91 Å². The summed E-state index contributed by atoms with van der Waals surface area (Å²) in [4.78, 5) is 26.3. The fourth-order valence-corrected chi connectivity index (χ4v) is 4.65. The summed E-state index contributed by atoms with van der Waals surface area (Å²) in [5, 5.41) is 0.908. The van der Waals surface area contributed by atoms with Gasteiger partial charge < -0.3 is 15.5 Å². The molecule has 2 aliphatic rings. The van der Waals surface area contributed by atoms with Gasteiger partial charge in [0, 0.05) is 44.0 Å². The molecule has 2 N–H and O–H groups in total. The molecule has 0 spiro atoms. The van der Waals surface area contributed by atoms with Crippen LogP contribution in [0.3, 0.4) is 0 Å². The first-order valence-corrected chi connectivity index (χ1v) is 10.8. The molecule has 1 aromatic carbocycles. The molecule has 10 heteroatoms. The van der Waals surface area contributed by atoms with Crippen LogP contribution in [0.25, 0.3) is 0 Å². The monoisotopic (exact) mass is 505 g/mol. The minimum atomic E-state index is -0.417. The molecule has 4 rings (SSSR count). The lowest BCUT2D eigenvalue weighted by Gasteiger charge is -2.37. The number of carbonyl (C=O) groups is 1. The summed E-state index contributed by atoms with van der Waals surface area (Å²) in [5.41, 5.74) is 9.20. The Labute approximate surface area is 205 Å². The average molecular weight is 507 g/mol. The van der Waals surface area contributed by atoms with E-state index in [-0.39, 0.29) is 37.3 Å². The Balaban J connectivity index is 0.00000171. The van der Waals surface area contributed by atoms with E-state index in [1.54, 1.807) is 18.5 Å². The van der Waals surface area contributed by atoms with Gasteiger partial charge in [-0.3, -0.25) is 4.79 Å². The van der Waals surface area contributed by atoms with Crippen molar-refractivity contribution in [2.45, 2.75) is 31.6 Å². The van der Waals surface area contributed by atoms with Gasteiger partial charge in [0.05, 0.1) is 16.0 Å². The second kappa shape index (κ2) is 11.0. The Morgan fingerprint density at radius 3 is 2.52 bits per heavy atom. The molecule has 1 fully saturated rings. The Bertz CT molecular complexity index is 921. The molecule has 1 aromatic heterocycles. The lowest BCUT2D eigenvalue weighted by atomic mass is 9.97. The van der Waals surface area contributed by atoms with E-state index in [9.17, 15) is 4.79 Å². The zero-order valence-corrected chi connectivity index (χ0v) is 20.4. The van der Waals surface area contributed by atoms with Crippen LogP contribution in [-0.4, -0.2) is 53.5 Å². The number of carbonyl (C=O) groups excluding carboxylic acids is 1. The van der Waals surface area contributed by atoms with Gasteiger partial charge in [0.25, 0.3) is 0 Å². The summed E-state index contributed by atoms with van der Waals surface area (Å²) in [7, 11) is 0. The third kappa shape index (κ3) is 5.20. The molecule has 6 nitrogen and oxygen atoms in total. The first-order valence-electron chi connectivity index (χ1n) is 10.0. The van der Waals surface area contributed by atoms with Crippen LogP contribution >= 0.6 is 48.0 Å². The number of aromatic nitrogens is 2. The minimum Gasteiger partial charge on any atom is -0.353 e. The topological polar surface area (TPSA) is 75.4 Å². The maximum Gasteiger partial charge on any atom is 0.231 e. The normalized spacial score (nSPS) is 18.6. The number of amides is 1. The van der Waals surface area contributed by atoms with Gasteiger partial charge in [-0.05, 0) is 36.5 Å². The van der Waals surface area contributed by atoms with E-state index in [1.165, 1.54) is 11.3 Å². The summed E-state index contributed by atoms with van der Waals surface area (Å²) in [6.07, 6.45) is 3.81. The lowest BCUT2D eigenvalue weighted by Crippen LogP contribution is -2.51. The fourth-order valence-electron chi connectivity index (χ4n) is 4.34. The molecule has 31 heavy (non-hydrogen) atoms. The summed E-state index contributed by atoms with van der Waals surface area (Å²) in [5.74, 6) is 1.13. The highest BCUT2D eigenvalue weighted by Crippen LogP contribution is 2.37. The van der Waals surface area contributed by atoms with Crippen LogP contribution in [0.5, 0.6) is 0 Å². The fraction of sp³-hybridized carbons (Fsp3) is 0.476. The van der Waals surface area contributed by atoms with E-state index in [4.69, 9.17) is 28.9 Å². The predicted octanol–water partition coefficient (Wildman–Crippen LogP) is 4.07. The number of piperazine rings is 1. The van der Waals surface area contributed by atoms with E-state index in [1.807, 2.05) is 11.0 Å². The van der Waals surface area contributed by atoms with Crippen LogP contribution in [0.4, 0.5) is 5.82 Å². The number of nitrogens with two attached hydrogens (primary N) is 1. The zero-order chi connectivity index (χ0) is 20.5. The number of hydrogen-bond acceptors (Lipinski definition) is 5. The quantitative estimate of drug-likeness (QED) is 0.676. The number of anilines is 1. The number of fused-ring (bicyclic) bond motifs is 1. The van der Waals surface area contributed by atoms with Crippen molar-refractivity contribution in [2.75, 3.05) is 37.6 Å². The van der Waals surface area contributed by atoms with Crippen molar-refractivity contribution in [3.8, 4) is 0 Å². The molecule has 0 bridgehead atoms. The van der Waals surface area contributed by atoms with Crippen LogP contribution in [-0.2, 0) is 11.2 Å². The van der Waals surface area contributed by atoms with Crippen molar-refractivity contribution in [2.24, 2.45) is 5.73 Å². The second-order valence-electron chi connectivity index (χ2n) is 7.77. The van der Waals surface area contributed by atoms with Crippen LogP contribution in [0.15, 0.2) is 24.5 Å². The maximum atomic E-state index is 13.1. The molecule has 0 radical (unpaired) electrons. The third-order valence-electron chi connectivity index (χ3n) is 6.02. The van der Waals surface area contributed by atoms with Crippen molar-refractivity contribution in [3.05, 3.63) is 51.4 Å². The van der Waals surface area contributed by atoms with Gasteiger partial charge >= 0.3 is 0 Å². The first kappa shape index (κ1) is 25.9. The van der Waals surface area contributed by atoms with E-state index >= 15 is 0 Å². The minimum absolute atomic E-state index is 0. The van der Waals surface area contributed by atoms with Gasteiger partial charge in [0.15, 0.2) is 0 Å². The predicted molar refractivity (Wildman–Crippen MR) is 130 cm³/mol. The van der Waals surface area contributed by atoms with Gasteiger partial charge in [-0.15, -0.1) is 24.8 Å². The molecule has 2 atom stereocenters. The third-order valence-corrected chi connectivity index (χ3v) is 6.76. The summed E-state index contributed by atoms with van der Waals surface area (Å²) in [6.45, 7) is 5.25. The van der Waals surface area contributed by atoms with Crippen molar-refractivity contribution in [1.82, 2.24) is 14.9 Å². The maximum absolute atomic E-state index is 13.1. The molecular formula is C21H27Cl4N5O. The highest BCUT2D eigenvalue weighted by Gasteiger charge is 2.31. The second-order valence-corrected chi connectivity index (χ2v) is 8.59. The molecule has 2 heterocycles. The van der Waals surface area contributed by atoms with Crippen molar-refractivity contribution >= 4 is 59.7 Å². The van der Waals surface area contributed by atoms with Crippen LogP contribution in [0, 0.1) is 0 Å². The molecule has 1 amide bonds. The van der Waals surface area contributed by atoms with Gasteiger partial charge in [-0.25, -0.2) is 9.97 Å². The highest BCUT2D eigenvalue weighted by molar-refractivity contribution is 6.42. The van der Waals surface area contributed by atoms with Crippen LogP contribution in [0.2, 0.25) is 10.0 Å². The number of benzene rings is 1. The van der Waals surface area contributed by atoms with E-state index in [0.29, 0.717) is 29.1 Å². The summed E-state index contributed by atoms with van der Waals surface area (Å²) < 4.78 is 0. The Hall–Kier alpha value is -1.31. The molecular weight excluding hydrogens is 480 g/mol. The number of rotatable bonds is 4. The van der Waals surface area contributed by atoms with Crippen molar-refractivity contribution in [3.63, 3.8) is 0 Å². The summed E-state index contributed by atoms with van der Waals surface area (Å²) >= 11 is 12.1. The van der Waals surface area contributed by atoms with Gasteiger partial charge in [0.1, 0.15) is 12.1 Å². The lowest BCUT2D eigenvalue weighted by molar-refractivity contribution is -0.132. The van der Waals surface area contributed by atoms with Crippen molar-refractivity contribution in [1.29, 1.82) is 0 Å². The first-order chi connectivity index (χ1) is 14.0. The highest BCUT2D eigenvalue weighted by atomic mass is 35.5. The molecule has 170 valence electrons. The molecule has 2 unspecified atom stereocenters. The summed E-state index contributed by atoms with van der Waals surface area (Å²) in [6, 6.07) is 5.27. The molecule has 1 saturated heterocycles. The zero-order valence-electron chi connectivity index (χ0n) is 17.3. The van der Waals surface area contributed by atoms with Gasteiger partial charge in [-0.1, -0.05) is 36.2 Å². The molecule has 1 aliphatic heterocycles.